The molecule has 262 valence electrons. The smallest absolute Gasteiger partial charge is 0.308 e. The second-order valence-electron chi connectivity index (χ2n) is 14.5. The third-order valence-electron chi connectivity index (χ3n) is 10.1. The number of ether oxygens (including phenoxy) is 2. The zero-order valence-corrected chi connectivity index (χ0v) is 29.8. The first-order valence-corrected chi connectivity index (χ1v) is 18.2. The first kappa shape index (κ1) is 37.6. The second-order valence-corrected chi connectivity index (χ2v) is 14.5. The number of hydrogen-bond acceptors (Lipinski definition) is 5. The average molecular weight is 661 g/mol. The molecule has 1 aliphatic carbocycles. The van der Waals surface area contributed by atoms with E-state index in [9.17, 15) is 15.0 Å². The molecule has 0 spiro atoms. The summed E-state index contributed by atoms with van der Waals surface area (Å²) in [6, 6.07) is 18.0. The van der Waals surface area contributed by atoms with Crippen molar-refractivity contribution >= 4 is 5.97 Å². The Labute approximate surface area is 287 Å². The van der Waals surface area contributed by atoms with Crippen molar-refractivity contribution in [2.75, 3.05) is 26.4 Å². The summed E-state index contributed by atoms with van der Waals surface area (Å²) in [6.07, 6.45) is 11.3. The van der Waals surface area contributed by atoms with Gasteiger partial charge in [0, 0.05) is 17.4 Å². The molecule has 2 N–H and O–H groups in total. The third-order valence-corrected chi connectivity index (χ3v) is 10.1. The molecule has 0 radical (unpaired) electrons. The van der Waals surface area contributed by atoms with Crippen molar-refractivity contribution in [3.8, 4) is 28.0 Å². The molecule has 1 aliphatic rings. The van der Waals surface area contributed by atoms with Gasteiger partial charge in [0.25, 0.3) is 0 Å². The van der Waals surface area contributed by atoms with Gasteiger partial charge in [-0.1, -0.05) is 96.7 Å². The van der Waals surface area contributed by atoms with Gasteiger partial charge in [0.1, 0.15) is 11.6 Å². The van der Waals surface area contributed by atoms with Crippen LogP contribution in [0.1, 0.15) is 109 Å². The molecule has 0 heterocycles. The fraction of sp³-hybridized carbons (Fsp3) is 0.548. The van der Waals surface area contributed by atoms with E-state index in [0.717, 1.165) is 58.6 Å². The highest BCUT2D eigenvalue weighted by Gasteiger charge is 2.25. The molecule has 0 aromatic heterocycles. The molecular formula is C42H57FO5. The molecule has 1 fully saturated rings. The monoisotopic (exact) mass is 660 g/mol. The number of aryl methyl sites for hydroxylation is 1. The van der Waals surface area contributed by atoms with Crippen LogP contribution >= 0.6 is 0 Å². The Kier molecular flexibility index (Phi) is 14.1. The van der Waals surface area contributed by atoms with Crippen molar-refractivity contribution in [2.24, 2.45) is 17.3 Å². The summed E-state index contributed by atoms with van der Waals surface area (Å²) in [7, 11) is 0. The van der Waals surface area contributed by atoms with Gasteiger partial charge in [0.2, 0.25) is 0 Å². The highest BCUT2D eigenvalue weighted by molar-refractivity contribution is 5.75. The molecule has 0 saturated heterocycles. The quantitative estimate of drug-likeness (QED) is 0.111. The molecule has 0 unspecified atom stereocenters. The van der Waals surface area contributed by atoms with E-state index in [0.29, 0.717) is 23.7 Å². The predicted molar refractivity (Wildman–Crippen MR) is 193 cm³/mol. The number of carbonyl (C=O) groups is 1. The highest BCUT2D eigenvalue weighted by Crippen LogP contribution is 2.40. The third kappa shape index (κ3) is 9.92. The van der Waals surface area contributed by atoms with Crippen molar-refractivity contribution in [3.05, 3.63) is 77.1 Å². The molecule has 0 amide bonds. The van der Waals surface area contributed by atoms with Crippen LogP contribution in [0.2, 0.25) is 0 Å². The zero-order valence-electron chi connectivity index (χ0n) is 29.8. The fourth-order valence-electron chi connectivity index (χ4n) is 6.73. The number of hydrogen-bond donors (Lipinski definition) is 2. The summed E-state index contributed by atoms with van der Waals surface area (Å²) in [5.41, 5.74) is 5.85. The van der Waals surface area contributed by atoms with Crippen LogP contribution in [0.25, 0.3) is 22.3 Å². The number of esters is 1. The molecule has 6 heteroatoms. The van der Waals surface area contributed by atoms with E-state index in [2.05, 4.69) is 38.1 Å². The number of aliphatic hydroxyl groups is 2. The van der Waals surface area contributed by atoms with E-state index >= 15 is 4.39 Å². The SMILES string of the molecule is CCCCCC1CCC(c2ccc(-c3ccc(-c4ccc(OCC(C)(CO)CO)c(CCOC(=O)C(C)C)c4)c(CC)c3)c(F)c2)CC1. The van der Waals surface area contributed by atoms with Gasteiger partial charge in [-0.05, 0) is 95.5 Å². The summed E-state index contributed by atoms with van der Waals surface area (Å²) in [5, 5.41) is 19.5. The largest absolute Gasteiger partial charge is 0.493 e. The van der Waals surface area contributed by atoms with Gasteiger partial charge >= 0.3 is 5.97 Å². The van der Waals surface area contributed by atoms with Crippen LogP contribution in [0.5, 0.6) is 5.75 Å². The van der Waals surface area contributed by atoms with Crippen molar-refractivity contribution in [3.63, 3.8) is 0 Å². The van der Waals surface area contributed by atoms with Crippen molar-refractivity contribution < 1.29 is 28.9 Å². The summed E-state index contributed by atoms with van der Waals surface area (Å²) in [4.78, 5) is 12.1. The standard InChI is InChI=1S/C42H57FO5/c1-6-8-9-10-30-11-13-32(14-12-30)33-15-19-38(39(43)25-33)35-16-18-37(31(7-2)23-35)34-17-20-40(48-28-42(5,26-44)27-45)36(24-34)21-22-47-41(46)29(3)4/h15-20,23-25,29-30,32,44-45H,6-14,21-22,26-28H2,1-5H3. The Bertz CT molecular complexity index is 1470. The lowest BCUT2D eigenvalue weighted by Crippen LogP contribution is -2.33. The minimum atomic E-state index is -0.786. The number of halogens is 1. The maximum atomic E-state index is 15.7. The van der Waals surface area contributed by atoms with Gasteiger partial charge < -0.3 is 19.7 Å². The molecule has 0 atom stereocenters. The first-order valence-electron chi connectivity index (χ1n) is 18.2. The lowest BCUT2D eigenvalue weighted by molar-refractivity contribution is -0.147. The second kappa shape index (κ2) is 18.0. The van der Waals surface area contributed by atoms with Gasteiger partial charge in [-0.25, -0.2) is 4.39 Å². The Morgan fingerprint density at radius 1 is 0.896 bits per heavy atom. The van der Waals surface area contributed by atoms with Gasteiger partial charge in [-0.3, -0.25) is 4.79 Å². The summed E-state index contributed by atoms with van der Waals surface area (Å²) >= 11 is 0. The molecule has 3 aromatic carbocycles. The Balaban J connectivity index is 1.54. The minimum Gasteiger partial charge on any atom is -0.493 e. The van der Waals surface area contributed by atoms with Crippen molar-refractivity contribution in [2.45, 2.75) is 105 Å². The molecule has 4 rings (SSSR count). The molecule has 48 heavy (non-hydrogen) atoms. The van der Waals surface area contributed by atoms with Gasteiger partial charge in [-0.2, -0.15) is 0 Å². The molecule has 0 aliphatic heterocycles. The van der Waals surface area contributed by atoms with Gasteiger partial charge in [-0.15, -0.1) is 0 Å². The summed E-state index contributed by atoms with van der Waals surface area (Å²) < 4.78 is 27.3. The summed E-state index contributed by atoms with van der Waals surface area (Å²) in [5.74, 6) is 1.27. The van der Waals surface area contributed by atoms with E-state index in [1.54, 1.807) is 26.8 Å². The highest BCUT2D eigenvalue weighted by atomic mass is 19.1. The van der Waals surface area contributed by atoms with E-state index in [1.807, 2.05) is 24.3 Å². The van der Waals surface area contributed by atoms with Crippen LogP contribution in [-0.4, -0.2) is 42.6 Å². The molecule has 0 bridgehead atoms. The van der Waals surface area contributed by atoms with Crippen LogP contribution in [0, 0.1) is 23.1 Å². The normalized spacial score (nSPS) is 16.7. The maximum absolute atomic E-state index is 15.7. The topological polar surface area (TPSA) is 76.0 Å². The van der Waals surface area contributed by atoms with Crippen LogP contribution in [0.4, 0.5) is 4.39 Å². The number of rotatable bonds is 17. The van der Waals surface area contributed by atoms with Crippen LogP contribution in [-0.2, 0) is 22.4 Å². The van der Waals surface area contributed by atoms with E-state index in [1.165, 1.54) is 38.5 Å². The molecular weight excluding hydrogens is 603 g/mol. The average Bonchev–Trinajstić information content (AvgIpc) is 3.10. The Hall–Kier alpha value is -3.22. The van der Waals surface area contributed by atoms with Gasteiger partial charge in [0.15, 0.2) is 0 Å². The van der Waals surface area contributed by atoms with E-state index in [-0.39, 0.29) is 44.1 Å². The maximum Gasteiger partial charge on any atom is 0.308 e. The van der Waals surface area contributed by atoms with E-state index in [4.69, 9.17) is 9.47 Å². The fourth-order valence-corrected chi connectivity index (χ4v) is 6.73. The van der Waals surface area contributed by atoms with Crippen LogP contribution in [0.3, 0.4) is 0 Å². The number of benzene rings is 3. The lowest BCUT2D eigenvalue weighted by atomic mass is 9.77. The number of aliphatic hydroxyl groups excluding tert-OH is 2. The molecule has 3 aromatic rings. The minimum absolute atomic E-state index is 0.137. The zero-order chi connectivity index (χ0) is 34.7. The van der Waals surface area contributed by atoms with Crippen LogP contribution < -0.4 is 4.74 Å². The molecule has 5 nitrogen and oxygen atoms in total. The van der Waals surface area contributed by atoms with Crippen LogP contribution in [0.15, 0.2) is 54.6 Å². The first-order chi connectivity index (χ1) is 23.1. The molecule has 1 saturated carbocycles. The summed E-state index contributed by atoms with van der Waals surface area (Å²) in [6.45, 7) is 9.66. The van der Waals surface area contributed by atoms with E-state index < -0.39 is 5.41 Å². The van der Waals surface area contributed by atoms with Gasteiger partial charge in [0.05, 0.1) is 32.3 Å². The Morgan fingerprint density at radius 2 is 1.56 bits per heavy atom. The lowest BCUT2D eigenvalue weighted by Gasteiger charge is -2.29. The van der Waals surface area contributed by atoms with Crippen molar-refractivity contribution in [1.29, 1.82) is 0 Å². The predicted octanol–water partition coefficient (Wildman–Crippen LogP) is 9.69. The number of carbonyl (C=O) groups excluding carboxylic acids is 1. The number of unbranched alkanes of at least 4 members (excludes halogenated alkanes) is 2. The Morgan fingerprint density at radius 3 is 2.21 bits per heavy atom. The van der Waals surface area contributed by atoms with Crippen molar-refractivity contribution in [1.82, 2.24) is 0 Å².